The molecule has 338 valence electrons. The summed E-state index contributed by atoms with van der Waals surface area (Å²) < 4.78 is 33.8. The van der Waals surface area contributed by atoms with E-state index < -0.39 is 46.8 Å². The van der Waals surface area contributed by atoms with Crippen LogP contribution in [0.1, 0.15) is 160 Å². The standard InChI is InChI=1S/C48H81NO10/c1-13-26-49(27-14-2)44(53)35(15-3)37-19-18-29(6)42(56-37)33(10)40(51)32(9)41(52)36(16-4)43-30(7)28-31(8)47(57-43)23-20-38(50)48(59-47)25-24-45(12,58-48)39-21-22-46(54,17-5)34(11)55-39/h20,23,29-37,39-40,42-43,51,54H,13-19,21-22,24-28H2,1-12H3/t29-,30+,31-,32-,33-,34+,35+,36+,37+,39-,40+,42+,43?,45+,46-,47+,48+/m1/s1. The number of amides is 1. The van der Waals surface area contributed by atoms with E-state index in [9.17, 15) is 24.6 Å². The lowest BCUT2D eigenvalue weighted by Gasteiger charge is -2.53. The van der Waals surface area contributed by atoms with Gasteiger partial charge in [0.2, 0.25) is 17.5 Å². The fourth-order valence-electron chi connectivity index (χ4n) is 11.5. The average molecular weight is 832 g/mol. The molecule has 11 nitrogen and oxygen atoms in total. The SMILES string of the molecule is CCCN(CCC)C(=O)[C@@H](CC)[C@@H]1CC[C@@H](C)[C@@H]([C@H](C)[C@@H](O)[C@@H](C)C(=O)[C@H](CC)C2O[C@]3(C=CC(=O)[C@]4(CC[C@@](C)([C@H]5CC[C@](O)(CC)[C@H](C)O5)O4)O3)[C@H](C)C[C@@H]2C)O1. The zero-order valence-corrected chi connectivity index (χ0v) is 38.7. The third-order valence-electron chi connectivity index (χ3n) is 15.6. The molecule has 11 heteroatoms. The highest BCUT2D eigenvalue weighted by molar-refractivity contribution is 5.97. The maximum atomic E-state index is 14.6. The molecule has 0 aliphatic carbocycles. The number of ketones is 2. The van der Waals surface area contributed by atoms with Crippen LogP contribution in [0.15, 0.2) is 12.2 Å². The molecule has 5 rings (SSSR count). The van der Waals surface area contributed by atoms with Crippen molar-refractivity contribution in [1.82, 2.24) is 4.90 Å². The molecule has 1 amide bonds. The lowest BCUT2D eigenvalue weighted by Crippen LogP contribution is -2.62. The number of carbonyl (C=O) groups is 3. The number of Topliss-reactive ketones (excluding diaryl/α,β-unsaturated/α-hetero) is 1. The first-order chi connectivity index (χ1) is 27.8. The molecule has 4 fully saturated rings. The predicted octanol–water partition coefficient (Wildman–Crippen LogP) is 7.96. The number of aliphatic hydroxyl groups is 2. The highest BCUT2D eigenvalue weighted by Crippen LogP contribution is 2.53. The Balaban J connectivity index is 1.30. The molecule has 2 spiro atoms. The fourth-order valence-corrected chi connectivity index (χ4v) is 11.5. The number of carbonyl (C=O) groups excluding carboxylic acids is 3. The van der Waals surface area contributed by atoms with Gasteiger partial charge in [-0.25, -0.2) is 0 Å². The van der Waals surface area contributed by atoms with Gasteiger partial charge in [0.1, 0.15) is 5.78 Å². The molecule has 4 saturated heterocycles. The first-order valence-corrected chi connectivity index (χ1v) is 23.6. The minimum atomic E-state index is -1.56. The summed E-state index contributed by atoms with van der Waals surface area (Å²) in [5.74, 6) is -4.79. The molecular formula is C48H81NO10. The molecule has 1 unspecified atom stereocenters. The van der Waals surface area contributed by atoms with Gasteiger partial charge in [-0.05, 0) is 108 Å². The van der Waals surface area contributed by atoms with Gasteiger partial charge >= 0.3 is 0 Å². The van der Waals surface area contributed by atoms with Crippen molar-refractivity contribution >= 4 is 17.5 Å². The summed E-state index contributed by atoms with van der Waals surface area (Å²) in [6.45, 7) is 25.7. The van der Waals surface area contributed by atoms with Crippen molar-refractivity contribution in [3.05, 3.63) is 12.2 Å². The lowest BCUT2D eigenvalue weighted by atomic mass is 9.72. The van der Waals surface area contributed by atoms with E-state index in [1.54, 1.807) is 6.08 Å². The Labute approximate surface area is 356 Å². The Bertz CT molecular complexity index is 1480. The maximum Gasteiger partial charge on any atom is 0.236 e. The van der Waals surface area contributed by atoms with Crippen LogP contribution in [0.25, 0.3) is 0 Å². The summed E-state index contributed by atoms with van der Waals surface area (Å²) in [7, 11) is 0. The second-order valence-electron chi connectivity index (χ2n) is 19.7. The van der Waals surface area contributed by atoms with Gasteiger partial charge in [-0.1, -0.05) is 69.2 Å². The minimum Gasteiger partial charge on any atom is -0.392 e. The van der Waals surface area contributed by atoms with E-state index in [1.807, 2.05) is 46.4 Å². The van der Waals surface area contributed by atoms with E-state index in [2.05, 4.69) is 41.5 Å². The molecule has 5 heterocycles. The molecule has 0 radical (unpaired) electrons. The molecule has 2 N–H and O–H groups in total. The number of hydrogen-bond donors (Lipinski definition) is 2. The summed E-state index contributed by atoms with van der Waals surface area (Å²) in [5.41, 5.74) is -1.70. The van der Waals surface area contributed by atoms with Crippen LogP contribution >= 0.6 is 0 Å². The van der Waals surface area contributed by atoms with Gasteiger partial charge < -0.3 is 38.8 Å². The maximum absolute atomic E-state index is 14.6. The smallest absolute Gasteiger partial charge is 0.236 e. The van der Waals surface area contributed by atoms with Crippen LogP contribution in [0.3, 0.4) is 0 Å². The van der Waals surface area contributed by atoms with E-state index in [1.165, 1.54) is 6.08 Å². The second kappa shape index (κ2) is 19.3. The summed E-state index contributed by atoms with van der Waals surface area (Å²) >= 11 is 0. The number of aliphatic hydroxyl groups excluding tert-OH is 1. The highest BCUT2D eigenvalue weighted by Gasteiger charge is 2.63. The van der Waals surface area contributed by atoms with Crippen LogP contribution in [-0.2, 0) is 38.1 Å². The number of hydrogen-bond acceptors (Lipinski definition) is 10. The van der Waals surface area contributed by atoms with Gasteiger partial charge in [0.15, 0.2) is 5.79 Å². The van der Waals surface area contributed by atoms with Gasteiger partial charge in [0, 0.05) is 43.2 Å². The van der Waals surface area contributed by atoms with Crippen molar-refractivity contribution < 1.29 is 48.3 Å². The molecule has 0 bridgehead atoms. The highest BCUT2D eigenvalue weighted by atomic mass is 16.8. The quantitative estimate of drug-likeness (QED) is 0.157. The minimum absolute atomic E-state index is 0.00651. The Morgan fingerprint density at radius 1 is 0.864 bits per heavy atom. The molecular weight excluding hydrogens is 751 g/mol. The van der Waals surface area contributed by atoms with Gasteiger partial charge in [-0.2, -0.15) is 0 Å². The summed E-state index contributed by atoms with van der Waals surface area (Å²) in [4.78, 5) is 44.2. The average Bonchev–Trinajstić information content (AvgIpc) is 3.56. The van der Waals surface area contributed by atoms with Crippen LogP contribution in [0.5, 0.6) is 0 Å². The lowest BCUT2D eigenvalue weighted by molar-refractivity contribution is -0.378. The van der Waals surface area contributed by atoms with Crippen molar-refractivity contribution in [2.75, 3.05) is 13.1 Å². The van der Waals surface area contributed by atoms with Crippen molar-refractivity contribution in [3.8, 4) is 0 Å². The predicted molar refractivity (Wildman–Crippen MR) is 227 cm³/mol. The van der Waals surface area contributed by atoms with Crippen molar-refractivity contribution in [2.24, 2.45) is 41.4 Å². The van der Waals surface area contributed by atoms with E-state index in [0.717, 1.165) is 38.8 Å². The number of rotatable bonds is 16. The Hall–Kier alpha value is -1.73. The zero-order chi connectivity index (χ0) is 43.7. The van der Waals surface area contributed by atoms with Crippen LogP contribution < -0.4 is 0 Å². The Morgan fingerprint density at radius 3 is 2.12 bits per heavy atom. The Kier molecular flexibility index (Phi) is 15.8. The molecule has 0 saturated carbocycles. The summed E-state index contributed by atoms with van der Waals surface area (Å²) in [6.07, 6.45) is 8.62. The van der Waals surface area contributed by atoms with Crippen molar-refractivity contribution in [3.63, 3.8) is 0 Å². The van der Waals surface area contributed by atoms with Gasteiger partial charge in [0.05, 0.1) is 53.7 Å². The van der Waals surface area contributed by atoms with Crippen molar-refractivity contribution in [1.29, 1.82) is 0 Å². The molecule has 0 aromatic heterocycles. The normalized spacial score (nSPS) is 41.4. The van der Waals surface area contributed by atoms with Crippen LogP contribution in [0, 0.1) is 41.4 Å². The van der Waals surface area contributed by atoms with Gasteiger partial charge in [-0.15, -0.1) is 0 Å². The molecule has 5 aliphatic rings. The van der Waals surface area contributed by atoms with Gasteiger partial charge in [-0.3, -0.25) is 14.4 Å². The summed E-state index contributed by atoms with van der Waals surface area (Å²) in [6, 6.07) is 0. The third-order valence-corrected chi connectivity index (χ3v) is 15.6. The second-order valence-corrected chi connectivity index (χ2v) is 19.7. The van der Waals surface area contributed by atoms with Crippen LogP contribution in [-0.4, -0.2) is 105 Å². The molecule has 17 atom stereocenters. The molecule has 59 heavy (non-hydrogen) atoms. The topological polar surface area (TPSA) is 141 Å². The van der Waals surface area contributed by atoms with E-state index >= 15 is 0 Å². The molecule has 0 aromatic carbocycles. The van der Waals surface area contributed by atoms with Gasteiger partial charge in [0.25, 0.3) is 0 Å². The fraction of sp³-hybridized carbons (Fsp3) is 0.896. The van der Waals surface area contributed by atoms with Crippen molar-refractivity contribution in [2.45, 2.75) is 220 Å². The number of nitrogens with zero attached hydrogens (tertiary/aromatic N) is 1. The van der Waals surface area contributed by atoms with Crippen LogP contribution in [0.2, 0.25) is 0 Å². The first-order valence-electron chi connectivity index (χ1n) is 23.6. The monoisotopic (exact) mass is 832 g/mol. The molecule has 0 aromatic rings. The van der Waals surface area contributed by atoms with E-state index in [-0.39, 0.29) is 71.5 Å². The Morgan fingerprint density at radius 2 is 1.53 bits per heavy atom. The summed E-state index contributed by atoms with van der Waals surface area (Å²) in [5, 5.41) is 23.0. The third kappa shape index (κ3) is 9.47. The van der Waals surface area contributed by atoms with E-state index in [4.69, 9.17) is 23.7 Å². The first kappa shape index (κ1) is 48.3. The zero-order valence-electron chi connectivity index (χ0n) is 38.7. The van der Waals surface area contributed by atoms with E-state index in [0.29, 0.717) is 51.4 Å². The number of ether oxygens (including phenoxy) is 5. The molecule has 5 aliphatic heterocycles. The largest absolute Gasteiger partial charge is 0.392 e. The van der Waals surface area contributed by atoms with Crippen LogP contribution in [0.4, 0.5) is 0 Å².